The number of nitrogens with zero attached hydrogens (tertiary/aromatic N) is 3. The zero-order valence-corrected chi connectivity index (χ0v) is 14.0. The van der Waals surface area contributed by atoms with Gasteiger partial charge in [0.15, 0.2) is 5.54 Å². The molecule has 1 radical (unpaired) electrons. The Morgan fingerprint density at radius 2 is 2.04 bits per heavy atom. The van der Waals surface area contributed by atoms with Gasteiger partial charge in [0.2, 0.25) is 5.91 Å². The first kappa shape index (κ1) is 18.0. The second-order valence-electron chi connectivity index (χ2n) is 6.69. The first-order chi connectivity index (χ1) is 11.4. The minimum Gasteiger partial charge on any atom is -0.351 e. The maximum Gasteiger partial charge on any atom is 0.328 e. The van der Waals surface area contributed by atoms with Gasteiger partial charge >= 0.3 is 12.1 Å². The monoisotopic (exact) mass is 334 g/mol. The maximum absolute atomic E-state index is 12.2. The Hall–Kier alpha value is -2.30. The molecule has 0 bridgehead atoms. The van der Waals surface area contributed by atoms with Gasteiger partial charge in [0.1, 0.15) is 0 Å². The highest BCUT2D eigenvalue weighted by molar-refractivity contribution is 5.94. The van der Waals surface area contributed by atoms with Crippen LogP contribution in [-0.2, 0) is 4.79 Å². The number of hydrogen-bond acceptors (Lipinski definition) is 4. The van der Waals surface area contributed by atoms with Crippen molar-refractivity contribution in [2.24, 2.45) is 11.7 Å². The molecule has 8 heteroatoms. The van der Waals surface area contributed by atoms with E-state index in [9.17, 15) is 19.6 Å². The Bertz CT molecular complexity index is 552. The van der Waals surface area contributed by atoms with Gasteiger partial charge in [-0.25, -0.2) is 14.5 Å². The molecule has 1 aliphatic heterocycles. The standard InChI is InChI=1S/C16H24N5O3/c1-20-10-16(9-17,11-21(14(18)23)15(20)24)19-13(22)8-7-12-5-3-2-4-6-12/h8,12H,2-7,10-11H2,1H3,(H2,18,23)(H,19,22). The number of nitrogens with one attached hydrogen (secondary N) is 1. The molecule has 1 atom stereocenters. The second kappa shape index (κ2) is 7.51. The van der Waals surface area contributed by atoms with Crippen LogP contribution >= 0.6 is 0 Å². The third-order valence-corrected chi connectivity index (χ3v) is 4.70. The van der Waals surface area contributed by atoms with E-state index in [4.69, 9.17) is 5.73 Å². The van der Waals surface area contributed by atoms with Gasteiger partial charge in [0.05, 0.1) is 19.2 Å². The largest absolute Gasteiger partial charge is 0.351 e. The van der Waals surface area contributed by atoms with Crippen molar-refractivity contribution >= 4 is 18.0 Å². The van der Waals surface area contributed by atoms with Crippen LogP contribution in [0.25, 0.3) is 0 Å². The molecule has 1 unspecified atom stereocenters. The van der Waals surface area contributed by atoms with Gasteiger partial charge in [-0.1, -0.05) is 32.1 Å². The molecule has 0 spiro atoms. The third kappa shape index (κ3) is 4.16. The molecular formula is C16H24N5O3. The Morgan fingerprint density at radius 3 is 2.62 bits per heavy atom. The van der Waals surface area contributed by atoms with E-state index >= 15 is 0 Å². The highest BCUT2D eigenvalue weighted by Gasteiger charge is 2.44. The Balaban J connectivity index is 1.96. The zero-order chi connectivity index (χ0) is 17.7. The molecule has 1 heterocycles. The van der Waals surface area contributed by atoms with Crippen LogP contribution in [0.1, 0.15) is 38.5 Å². The molecule has 131 valence electrons. The van der Waals surface area contributed by atoms with Gasteiger partial charge in [-0.15, -0.1) is 0 Å². The Kier molecular flexibility index (Phi) is 5.65. The molecule has 1 saturated carbocycles. The van der Waals surface area contributed by atoms with E-state index < -0.39 is 17.6 Å². The molecule has 2 fully saturated rings. The van der Waals surface area contributed by atoms with Crippen LogP contribution in [0.5, 0.6) is 0 Å². The number of urea groups is 2. The molecule has 0 aromatic rings. The molecule has 3 N–H and O–H groups in total. The van der Waals surface area contributed by atoms with E-state index in [1.165, 1.54) is 31.2 Å². The van der Waals surface area contributed by atoms with Crippen LogP contribution in [0, 0.1) is 23.7 Å². The normalized spacial score (nSPS) is 25.2. The maximum atomic E-state index is 12.2. The number of amides is 5. The molecule has 1 saturated heterocycles. The lowest BCUT2D eigenvalue weighted by Gasteiger charge is -2.41. The summed E-state index contributed by atoms with van der Waals surface area (Å²) in [5, 5.41) is 12.2. The number of carbonyl (C=O) groups is 3. The summed E-state index contributed by atoms with van der Waals surface area (Å²) >= 11 is 0. The predicted octanol–water partition coefficient (Wildman–Crippen LogP) is 0.986. The van der Waals surface area contributed by atoms with Gasteiger partial charge in [0.25, 0.3) is 0 Å². The van der Waals surface area contributed by atoms with E-state index in [1.807, 2.05) is 6.07 Å². The summed E-state index contributed by atoms with van der Waals surface area (Å²) in [6, 6.07) is 0.513. The molecule has 8 nitrogen and oxygen atoms in total. The lowest BCUT2D eigenvalue weighted by molar-refractivity contribution is -0.119. The summed E-state index contributed by atoms with van der Waals surface area (Å²) in [6.45, 7) is -0.236. The van der Waals surface area contributed by atoms with Gasteiger partial charge < -0.3 is 16.0 Å². The van der Waals surface area contributed by atoms with Crippen LogP contribution in [0.15, 0.2) is 0 Å². The van der Waals surface area contributed by atoms with Crippen LogP contribution in [0.4, 0.5) is 9.59 Å². The van der Waals surface area contributed by atoms with Crippen molar-refractivity contribution in [3.63, 3.8) is 0 Å². The van der Waals surface area contributed by atoms with Gasteiger partial charge in [-0.3, -0.25) is 4.79 Å². The molecule has 2 aliphatic rings. The minimum absolute atomic E-state index is 0.00905. The number of nitrogens with two attached hydrogens (primary N) is 1. The highest BCUT2D eigenvalue weighted by Crippen LogP contribution is 2.27. The summed E-state index contributed by atoms with van der Waals surface area (Å²) in [5.41, 5.74) is 3.84. The van der Waals surface area contributed by atoms with Crippen molar-refractivity contribution in [2.45, 2.75) is 44.1 Å². The number of carbonyl (C=O) groups excluding carboxylic acids is 3. The number of rotatable bonds is 4. The Morgan fingerprint density at radius 1 is 1.38 bits per heavy atom. The summed E-state index contributed by atoms with van der Waals surface area (Å²) in [7, 11) is 1.46. The SMILES string of the molecule is CN1CC(C#N)(NC(=O)[CH]CC2CCCCC2)CN(C(N)=O)C1=O. The number of imide groups is 1. The van der Waals surface area contributed by atoms with Crippen LogP contribution in [0.2, 0.25) is 0 Å². The molecule has 1 aliphatic carbocycles. The van der Waals surface area contributed by atoms with Crippen molar-refractivity contribution in [3.05, 3.63) is 6.42 Å². The van der Waals surface area contributed by atoms with Crippen LogP contribution < -0.4 is 11.1 Å². The van der Waals surface area contributed by atoms with E-state index in [0.29, 0.717) is 12.3 Å². The fraction of sp³-hybridized carbons (Fsp3) is 0.688. The number of nitriles is 1. The molecular weight excluding hydrogens is 310 g/mol. The first-order valence-corrected chi connectivity index (χ1v) is 8.25. The average Bonchev–Trinajstić information content (AvgIpc) is 2.57. The number of primary amides is 1. The minimum atomic E-state index is -1.35. The van der Waals surface area contributed by atoms with E-state index in [2.05, 4.69) is 5.32 Å². The zero-order valence-electron chi connectivity index (χ0n) is 14.0. The smallest absolute Gasteiger partial charge is 0.328 e. The molecule has 2 rings (SSSR count). The van der Waals surface area contributed by atoms with Crippen molar-refractivity contribution in [3.8, 4) is 6.07 Å². The quantitative estimate of drug-likeness (QED) is 0.796. The third-order valence-electron chi connectivity index (χ3n) is 4.70. The van der Waals surface area contributed by atoms with Crippen LogP contribution in [-0.4, -0.2) is 53.4 Å². The Labute approximate surface area is 141 Å². The fourth-order valence-electron chi connectivity index (χ4n) is 3.40. The van der Waals surface area contributed by atoms with Gasteiger partial charge in [-0.2, -0.15) is 5.26 Å². The molecule has 24 heavy (non-hydrogen) atoms. The molecule has 0 aromatic carbocycles. The van der Waals surface area contributed by atoms with Gasteiger partial charge in [-0.05, 0) is 12.3 Å². The van der Waals surface area contributed by atoms with Gasteiger partial charge in [0, 0.05) is 13.5 Å². The summed E-state index contributed by atoms with van der Waals surface area (Å²) in [5.74, 6) is 0.162. The van der Waals surface area contributed by atoms with E-state index in [1.54, 1.807) is 6.42 Å². The lowest BCUT2D eigenvalue weighted by Crippen LogP contribution is -2.68. The molecule has 0 aromatic heterocycles. The summed E-state index contributed by atoms with van der Waals surface area (Å²) in [4.78, 5) is 37.5. The van der Waals surface area contributed by atoms with Crippen molar-refractivity contribution in [1.29, 1.82) is 5.26 Å². The predicted molar refractivity (Wildman–Crippen MR) is 86.3 cm³/mol. The number of hydrogen-bond donors (Lipinski definition) is 2. The summed E-state index contributed by atoms with van der Waals surface area (Å²) < 4.78 is 0. The molecule has 5 amide bonds. The van der Waals surface area contributed by atoms with Crippen molar-refractivity contribution < 1.29 is 14.4 Å². The van der Waals surface area contributed by atoms with E-state index in [-0.39, 0.29) is 19.0 Å². The highest BCUT2D eigenvalue weighted by atomic mass is 16.2. The van der Waals surface area contributed by atoms with Crippen molar-refractivity contribution in [1.82, 2.24) is 15.1 Å². The van der Waals surface area contributed by atoms with Crippen molar-refractivity contribution in [2.75, 3.05) is 20.1 Å². The number of likely N-dealkylation sites (N-methyl/N-ethyl adjacent to an activating group) is 1. The average molecular weight is 334 g/mol. The second-order valence-corrected chi connectivity index (χ2v) is 6.69. The topological polar surface area (TPSA) is 120 Å². The fourth-order valence-corrected chi connectivity index (χ4v) is 3.40. The van der Waals surface area contributed by atoms with Crippen LogP contribution in [0.3, 0.4) is 0 Å². The van der Waals surface area contributed by atoms with E-state index in [0.717, 1.165) is 17.7 Å². The summed E-state index contributed by atoms with van der Waals surface area (Å²) in [6.07, 6.45) is 8.15. The lowest BCUT2D eigenvalue weighted by atomic mass is 9.86. The first-order valence-electron chi connectivity index (χ1n) is 8.25.